The molecule has 40 heavy (non-hydrogen) atoms. The molecule has 1 atom stereocenters. The van der Waals surface area contributed by atoms with Crippen LogP contribution < -0.4 is 4.74 Å². The number of benzene rings is 2. The molecule has 1 aliphatic rings. The molecule has 0 heterocycles. The van der Waals surface area contributed by atoms with E-state index in [1.807, 2.05) is 36.4 Å². The van der Waals surface area contributed by atoms with Gasteiger partial charge in [0.25, 0.3) is 5.69 Å². The van der Waals surface area contributed by atoms with Crippen molar-refractivity contribution in [1.29, 1.82) is 0 Å². The highest BCUT2D eigenvalue weighted by molar-refractivity contribution is 5.71. The smallest absolute Gasteiger partial charge is 0.332 e. The highest BCUT2D eigenvalue weighted by Gasteiger charge is 2.11. The van der Waals surface area contributed by atoms with Gasteiger partial charge in [0.1, 0.15) is 12.4 Å². The molecule has 0 N–H and O–H groups in total. The number of hydrogen-bond donors (Lipinski definition) is 0. The SMILES string of the molecule is O=C(COCC1C=CC1)OCCCCCCCCCCCCOc1ccc(/C=C/c2ccc([N+](=O)[O-])cc2)cc1. The summed E-state index contributed by atoms with van der Waals surface area (Å²) in [6, 6.07) is 14.5. The minimum absolute atomic E-state index is 0.0661. The summed E-state index contributed by atoms with van der Waals surface area (Å²) in [5.74, 6) is 1.10. The lowest BCUT2D eigenvalue weighted by Crippen LogP contribution is -2.18. The van der Waals surface area contributed by atoms with Crippen molar-refractivity contribution < 1.29 is 23.9 Å². The molecule has 0 spiro atoms. The number of allylic oxidation sites excluding steroid dienone is 1. The van der Waals surface area contributed by atoms with Crippen LogP contribution in [0.4, 0.5) is 5.69 Å². The van der Waals surface area contributed by atoms with Crippen LogP contribution in [0.2, 0.25) is 0 Å². The summed E-state index contributed by atoms with van der Waals surface area (Å²) in [5, 5.41) is 10.7. The van der Waals surface area contributed by atoms with Gasteiger partial charge in [0, 0.05) is 18.1 Å². The van der Waals surface area contributed by atoms with Gasteiger partial charge >= 0.3 is 5.97 Å². The first-order chi connectivity index (χ1) is 19.6. The molecule has 0 aliphatic heterocycles. The minimum atomic E-state index is -0.394. The van der Waals surface area contributed by atoms with E-state index in [1.54, 1.807) is 12.1 Å². The van der Waals surface area contributed by atoms with Gasteiger partial charge in [-0.25, -0.2) is 4.79 Å². The van der Waals surface area contributed by atoms with Crippen LogP contribution in [0.25, 0.3) is 12.2 Å². The number of esters is 1. The van der Waals surface area contributed by atoms with Crippen LogP contribution in [0.3, 0.4) is 0 Å². The standard InChI is InChI=1S/C33H43NO6/c35-33(27-38-26-30-12-11-13-30)40-25-10-8-6-4-2-1-3-5-7-9-24-39-32-22-18-29(19-23-32)15-14-28-16-20-31(21-17-28)34(36)37/h11-12,14-23,30H,1-10,13,24-27H2/b15-14+. The molecule has 1 unspecified atom stereocenters. The first kappa shape index (κ1) is 31.1. The third-order valence-electron chi connectivity index (χ3n) is 6.92. The van der Waals surface area contributed by atoms with Crippen molar-refractivity contribution in [3.8, 4) is 5.75 Å². The Balaban J connectivity index is 1.09. The molecule has 0 saturated heterocycles. The molecule has 0 radical (unpaired) electrons. The summed E-state index contributed by atoms with van der Waals surface area (Å²) in [4.78, 5) is 22.0. The Kier molecular flexibility index (Phi) is 14.6. The normalized spacial score (nSPS) is 14.2. The van der Waals surface area contributed by atoms with E-state index in [-0.39, 0.29) is 18.3 Å². The highest BCUT2D eigenvalue weighted by Crippen LogP contribution is 2.18. The Morgan fingerprint density at radius 1 is 0.800 bits per heavy atom. The minimum Gasteiger partial charge on any atom is -0.494 e. The van der Waals surface area contributed by atoms with Gasteiger partial charge in [-0.05, 0) is 54.7 Å². The second-order valence-corrected chi connectivity index (χ2v) is 10.3. The van der Waals surface area contributed by atoms with Crippen molar-refractivity contribution in [1.82, 2.24) is 0 Å². The van der Waals surface area contributed by atoms with E-state index in [2.05, 4.69) is 12.2 Å². The van der Waals surface area contributed by atoms with E-state index in [9.17, 15) is 14.9 Å². The number of rotatable bonds is 21. The van der Waals surface area contributed by atoms with E-state index in [1.165, 1.54) is 57.1 Å². The largest absolute Gasteiger partial charge is 0.494 e. The molecule has 0 saturated carbocycles. The monoisotopic (exact) mass is 549 g/mol. The number of nitro groups is 1. The molecule has 0 bridgehead atoms. The number of carbonyl (C=O) groups is 1. The third-order valence-corrected chi connectivity index (χ3v) is 6.92. The molecule has 7 heteroatoms. The van der Waals surface area contributed by atoms with Crippen LogP contribution in [0.1, 0.15) is 81.8 Å². The van der Waals surface area contributed by atoms with Crippen LogP contribution in [0.15, 0.2) is 60.7 Å². The van der Waals surface area contributed by atoms with Crippen LogP contribution in [-0.2, 0) is 14.3 Å². The Labute approximate surface area is 238 Å². The number of nitro benzene ring substituents is 1. The van der Waals surface area contributed by atoms with Gasteiger partial charge in [0.05, 0.1) is 24.7 Å². The number of carbonyl (C=O) groups excluding carboxylic acids is 1. The molecular weight excluding hydrogens is 506 g/mol. The zero-order valence-electron chi connectivity index (χ0n) is 23.5. The van der Waals surface area contributed by atoms with Crippen molar-refractivity contribution >= 4 is 23.8 Å². The van der Waals surface area contributed by atoms with E-state index < -0.39 is 4.92 Å². The number of nitrogens with zero attached hydrogens (tertiary/aromatic N) is 1. The molecule has 3 rings (SSSR count). The fraction of sp³-hybridized carbons (Fsp3) is 0.485. The molecule has 216 valence electrons. The number of unbranched alkanes of at least 4 members (excludes halogenated alkanes) is 9. The van der Waals surface area contributed by atoms with Gasteiger partial charge in [-0.1, -0.05) is 87.8 Å². The Bertz CT molecular complexity index is 1060. The lowest BCUT2D eigenvalue weighted by Gasteiger charge is -2.16. The summed E-state index contributed by atoms with van der Waals surface area (Å²) in [7, 11) is 0. The van der Waals surface area contributed by atoms with Crippen molar-refractivity contribution in [3.63, 3.8) is 0 Å². The maximum Gasteiger partial charge on any atom is 0.332 e. The highest BCUT2D eigenvalue weighted by atomic mass is 16.6. The summed E-state index contributed by atoms with van der Waals surface area (Å²) < 4.78 is 16.5. The van der Waals surface area contributed by atoms with Crippen molar-refractivity contribution in [2.24, 2.45) is 5.92 Å². The average molecular weight is 550 g/mol. The molecule has 7 nitrogen and oxygen atoms in total. The number of ether oxygens (including phenoxy) is 3. The maximum absolute atomic E-state index is 11.6. The zero-order valence-corrected chi connectivity index (χ0v) is 23.5. The molecular formula is C33H43NO6. The topological polar surface area (TPSA) is 87.9 Å². The van der Waals surface area contributed by atoms with Gasteiger partial charge in [-0.15, -0.1) is 0 Å². The second-order valence-electron chi connectivity index (χ2n) is 10.3. The summed E-state index contributed by atoms with van der Waals surface area (Å²) in [6.45, 7) is 1.91. The second kappa shape index (κ2) is 18.8. The molecule has 0 aromatic heterocycles. The van der Waals surface area contributed by atoms with Crippen molar-refractivity contribution in [2.45, 2.75) is 70.6 Å². The lowest BCUT2D eigenvalue weighted by atomic mass is 9.97. The molecule has 1 aliphatic carbocycles. The Morgan fingerprint density at radius 3 is 1.85 bits per heavy atom. The molecule has 0 amide bonds. The van der Waals surface area contributed by atoms with Crippen LogP contribution >= 0.6 is 0 Å². The van der Waals surface area contributed by atoms with Crippen LogP contribution in [0, 0.1) is 16.0 Å². The third kappa shape index (κ3) is 13.1. The van der Waals surface area contributed by atoms with E-state index in [0.29, 0.717) is 19.1 Å². The van der Waals surface area contributed by atoms with Gasteiger partial charge in [0.15, 0.2) is 0 Å². The number of non-ortho nitro benzene ring substituents is 1. The van der Waals surface area contributed by atoms with Crippen LogP contribution in [-0.4, -0.2) is 37.3 Å². The fourth-order valence-corrected chi connectivity index (χ4v) is 4.36. The predicted molar refractivity (Wildman–Crippen MR) is 159 cm³/mol. The van der Waals surface area contributed by atoms with Gasteiger partial charge < -0.3 is 14.2 Å². The number of hydrogen-bond acceptors (Lipinski definition) is 6. The summed E-state index contributed by atoms with van der Waals surface area (Å²) in [6.07, 6.45) is 21.0. The Morgan fingerprint density at radius 2 is 1.32 bits per heavy atom. The van der Waals surface area contributed by atoms with Gasteiger partial charge in [-0.2, -0.15) is 0 Å². The summed E-state index contributed by atoms with van der Waals surface area (Å²) >= 11 is 0. The quantitative estimate of drug-likeness (QED) is 0.0390. The maximum atomic E-state index is 11.6. The first-order valence-corrected chi connectivity index (χ1v) is 14.7. The van der Waals surface area contributed by atoms with Crippen molar-refractivity contribution in [2.75, 3.05) is 26.4 Å². The van der Waals surface area contributed by atoms with E-state index in [0.717, 1.165) is 49.2 Å². The molecule has 2 aromatic carbocycles. The predicted octanol–water partition coefficient (Wildman–Crippen LogP) is 8.18. The van der Waals surface area contributed by atoms with Gasteiger partial charge in [-0.3, -0.25) is 10.1 Å². The summed E-state index contributed by atoms with van der Waals surface area (Å²) in [5.41, 5.74) is 2.06. The van der Waals surface area contributed by atoms with E-state index >= 15 is 0 Å². The molecule has 2 aromatic rings. The Hall–Kier alpha value is -3.45. The van der Waals surface area contributed by atoms with Gasteiger partial charge in [0.2, 0.25) is 0 Å². The average Bonchev–Trinajstić information content (AvgIpc) is 2.94. The van der Waals surface area contributed by atoms with Crippen molar-refractivity contribution in [3.05, 3.63) is 81.9 Å². The van der Waals surface area contributed by atoms with Crippen LogP contribution in [0.5, 0.6) is 5.75 Å². The first-order valence-electron chi connectivity index (χ1n) is 14.7. The zero-order chi connectivity index (χ0) is 28.3. The lowest BCUT2D eigenvalue weighted by molar-refractivity contribution is -0.384. The van der Waals surface area contributed by atoms with E-state index in [4.69, 9.17) is 14.2 Å². The molecule has 0 fully saturated rings. The fourth-order valence-electron chi connectivity index (χ4n) is 4.36.